The summed E-state index contributed by atoms with van der Waals surface area (Å²) in [6, 6.07) is 18.9. The summed E-state index contributed by atoms with van der Waals surface area (Å²) in [6.07, 6.45) is 12.9. The average Bonchev–Trinajstić information content (AvgIpc) is 2.99. The van der Waals surface area contributed by atoms with Crippen LogP contribution in [0.15, 0.2) is 72.8 Å². The van der Waals surface area contributed by atoms with E-state index in [2.05, 4.69) is 6.92 Å². The van der Waals surface area contributed by atoms with Gasteiger partial charge < -0.3 is 24.4 Å². The van der Waals surface area contributed by atoms with Crippen molar-refractivity contribution in [3.05, 3.63) is 89.5 Å². The van der Waals surface area contributed by atoms with Crippen molar-refractivity contribution >= 4 is 18.0 Å². The molecule has 7 heteroatoms. The number of benzene rings is 3. The minimum absolute atomic E-state index is 0.0477. The lowest BCUT2D eigenvalue weighted by atomic mass is 10.1. The van der Waals surface area contributed by atoms with E-state index in [1.165, 1.54) is 63.7 Å². The van der Waals surface area contributed by atoms with E-state index in [1.54, 1.807) is 30.3 Å². The van der Waals surface area contributed by atoms with Crippen LogP contribution in [0, 0.1) is 0 Å². The maximum atomic E-state index is 12.5. The fourth-order valence-electron chi connectivity index (χ4n) is 4.65. The first-order valence-corrected chi connectivity index (χ1v) is 15.2. The van der Waals surface area contributed by atoms with E-state index in [1.807, 2.05) is 30.3 Å². The SMILES string of the molecule is CCCCCCCCCCCC(=O)Oc1ccc(C(O)C=Cc2ccc(O)cc2OC(C)=O)c(OCc2ccccc2)c1. The van der Waals surface area contributed by atoms with Crippen LogP contribution in [-0.2, 0) is 16.2 Å². The van der Waals surface area contributed by atoms with Gasteiger partial charge in [0.1, 0.15) is 35.7 Å². The first-order chi connectivity index (χ1) is 20.9. The predicted octanol–water partition coefficient (Wildman–Crippen LogP) is 8.47. The summed E-state index contributed by atoms with van der Waals surface area (Å²) in [5.74, 6) is 0.0231. The van der Waals surface area contributed by atoms with Crippen LogP contribution in [0.2, 0.25) is 0 Å². The predicted molar refractivity (Wildman–Crippen MR) is 168 cm³/mol. The Morgan fingerprint density at radius 3 is 2.21 bits per heavy atom. The zero-order valence-corrected chi connectivity index (χ0v) is 25.3. The quantitative estimate of drug-likeness (QED) is 0.0873. The lowest BCUT2D eigenvalue weighted by Crippen LogP contribution is -2.08. The van der Waals surface area contributed by atoms with Gasteiger partial charge in [0.2, 0.25) is 0 Å². The van der Waals surface area contributed by atoms with Crippen LogP contribution in [0.5, 0.6) is 23.0 Å². The van der Waals surface area contributed by atoms with Crippen molar-refractivity contribution in [2.45, 2.75) is 90.8 Å². The number of aliphatic hydroxyl groups is 1. The molecule has 0 saturated heterocycles. The Bertz CT molecular complexity index is 1320. The van der Waals surface area contributed by atoms with Crippen molar-refractivity contribution in [1.82, 2.24) is 0 Å². The molecule has 230 valence electrons. The van der Waals surface area contributed by atoms with Crippen LogP contribution in [-0.4, -0.2) is 22.2 Å². The molecule has 0 aliphatic carbocycles. The topological polar surface area (TPSA) is 102 Å². The number of phenolic OH excluding ortho intramolecular Hbond substituents is 1. The van der Waals surface area contributed by atoms with Gasteiger partial charge in [0.25, 0.3) is 0 Å². The molecule has 3 rings (SSSR count). The first kappa shape index (κ1) is 33.4. The van der Waals surface area contributed by atoms with Crippen molar-refractivity contribution in [2.75, 3.05) is 0 Å². The van der Waals surface area contributed by atoms with Crippen molar-refractivity contribution in [3.8, 4) is 23.0 Å². The summed E-state index contributed by atoms with van der Waals surface area (Å²) >= 11 is 0. The second-order valence-corrected chi connectivity index (χ2v) is 10.6. The summed E-state index contributed by atoms with van der Waals surface area (Å²) in [4.78, 5) is 24.0. The van der Waals surface area contributed by atoms with E-state index in [-0.39, 0.29) is 24.1 Å². The van der Waals surface area contributed by atoms with Gasteiger partial charge in [-0.3, -0.25) is 9.59 Å². The molecule has 0 aliphatic rings. The number of phenols is 1. The molecule has 0 heterocycles. The van der Waals surface area contributed by atoms with Gasteiger partial charge in [-0.2, -0.15) is 0 Å². The number of carbonyl (C=O) groups is 2. The highest BCUT2D eigenvalue weighted by atomic mass is 16.5. The van der Waals surface area contributed by atoms with E-state index < -0.39 is 12.1 Å². The van der Waals surface area contributed by atoms with Crippen molar-refractivity contribution in [1.29, 1.82) is 0 Å². The molecule has 0 aliphatic heterocycles. The molecule has 43 heavy (non-hydrogen) atoms. The summed E-state index contributed by atoms with van der Waals surface area (Å²) in [5, 5.41) is 20.9. The summed E-state index contributed by atoms with van der Waals surface area (Å²) in [5.41, 5.74) is 1.92. The molecule has 0 bridgehead atoms. The Balaban J connectivity index is 1.65. The molecule has 1 atom stereocenters. The number of aliphatic hydroxyl groups excluding tert-OH is 1. The molecular weight excluding hydrogens is 544 g/mol. The van der Waals surface area contributed by atoms with E-state index in [0.717, 1.165) is 24.8 Å². The third-order valence-electron chi connectivity index (χ3n) is 6.97. The molecule has 0 amide bonds. The molecule has 0 radical (unpaired) electrons. The highest BCUT2D eigenvalue weighted by Gasteiger charge is 2.15. The van der Waals surface area contributed by atoms with Gasteiger partial charge in [-0.05, 0) is 36.2 Å². The summed E-state index contributed by atoms with van der Waals surface area (Å²) in [6.45, 7) is 3.75. The first-order valence-electron chi connectivity index (χ1n) is 15.2. The zero-order chi connectivity index (χ0) is 30.9. The van der Waals surface area contributed by atoms with Crippen LogP contribution in [0.1, 0.15) is 101 Å². The summed E-state index contributed by atoms with van der Waals surface area (Å²) < 4.78 is 16.9. The normalized spacial score (nSPS) is 11.8. The molecule has 0 aromatic heterocycles. The number of hydrogen-bond acceptors (Lipinski definition) is 7. The van der Waals surface area contributed by atoms with Crippen LogP contribution >= 0.6 is 0 Å². The lowest BCUT2D eigenvalue weighted by molar-refractivity contribution is -0.134. The second kappa shape index (κ2) is 18.4. The number of aromatic hydroxyl groups is 1. The van der Waals surface area contributed by atoms with Gasteiger partial charge in [0.15, 0.2) is 0 Å². The van der Waals surface area contributed by atoms with Crippen LogP contribution < -0.4 is 14.2 Å². The van der Waals surface area contributed by atoms with Gasteiger partial charge in [0.05, 0.1) is 0 Å². The van der Waals surface area contributed by atoms with Crippen molar-refractivity contribution < 1.29 is 34.0 Å². The zero-order valence-electron chi connectivity index (χ0n) is 25.3. The third kappa shape index (κ3) is 12.3. The molecule has 0 spiro atoms. The highest BCUT2D eigenvalue weighted by molar-refractivity contribution is 5.73. The standard InChI is InChI=1S/C36H44O7/c1-3-4-5-6-7-8-9-10-14-17-36(40)43-31-21-22-32(35(25-31)41-26-28-15-12-11-13-16-28)33(39)23-19-29-18-20-30(38)24-34(29)42-27(2)37/h11-13,15-16,18-25,33,38-39H,3-10,14,17,26H2,1-2H3. The fraction of sp³-hybridized carbons (Fsp3) is 0.389. The maximum Gasteiger partial charge on any atom is 0.311 e. The number of unbranched alkanes of at least 4 members (excludes halogenated alkanes) is 8. The lowest BCUT2D eigenvalue weighted by Gasteiger charge is -2.16. The molecule has 3 aromatic rings. The van der Waals surface area contributed by atoms with Gasteiger partial charge >= 0.3 is 11.9 Å². The Hall–Kier alpha value is -4.10. The van der Waals surface area contributed by atoms with Crippen LogP contribution in [0.25, 0.3) is 6.08 Å². The average molecular weight is 589 g/mol. The van der Waals surface area contributed by atoms with Crippen LogP contribution in [0.3, 0.4) is 0 Å². The third-order valence-corrected chi connectivity index (χ3v) is 6.97. The molecular formula is C36H44O7. The Morgan fingerprint density at radius 1 is 0.814 bits per heavy atom. The maximum absolute atomic E-state index is 12.5. The van der Waals surface area contributed by atoms with E-state index in [9.17, 15) is 19.8 Å². The van der Waals surface area contributed by atoms with E-state index in [4.69, 9.17) is 14.2 Å². The van der Waals surface area contributed by atoms with Crippen LogP contribution in [0.4, 0.5) is 0 Å². The van der Waals surface area contributed by atoms with Gasteiger partial charge in [-0.15, -0.1) is 0 Å². The minimum Gasteiger partial charge on any atom is -0.508 e. The number of esters is 2. The fourth-order valence-corrected chi connectivity index (χ4v) is 4.65. The smallest absolute Gasteiger partial charge is 0.311 e. The molecule has 2 N–H and O–H groups in total. The van der Waals surface area contributed by atoms with Gasteiger partial charge in [0, 0.05) is 36.6 Å². The molecule has 7 nitrogen and oxygen atoms in total. The minimum atomic E-state index is -1.09. The molecule has 0 fully saturated rings. The Morgan fingerprint density at radius 2 is 1.51 bits per heavy atom. The number of rotatable bonds is 18. The molecule has 1 unspecified atom stereocenters. The van der Waals surface area contributed by atoms with E-state index in [0.29, 0.717) is 29.0 Å². The Labute approximate surface area is 255 Å². The number of carbonyl (C=O) groups excluding carboxylic acids is 2. The van der Waals surface area contributed by atoms with E-state index >= 15 is 0 Å². The monoisotopic (exact) mass is 588 g/mol. The second-order valence-electron chi connectivity index (χ2n) is 10.6. The molecule has 3 aromatic carbocycles. The molecule has 0 saturated carbocycles. The van der Waals surface area contributed by atoms with Crippen molar-refractivity contribution in [3.63, 3.8) is 0 Å². The largest absolute Gasteiger partial charge is 0.508 e. The number of ether oxygens (including phenoxy) is 3. The van der Waals surface area contributed by atoms with Gasteiger partial charge in [-0.25, -0.2) is 0 Å². The number of hydrogen-bond donors (Lipinski definition) is 2. The Kier molecular flexibility index (Phi) is 14.3. The van der Waals surface area contributed by atoms with Crippen molar-refractivity contribution in [2.24, 2.45) is 0 Å². The van der Waals surface area contributed by atoms with Gasteiger partial charge in [-0.1, -0.05) is 101 Å². The summed E-state index contributed by atoms with van der Waals surface area (Å²) in [7, 11) is 0. The highest BCUT2D eigenvalue weighted by Crippen LogP contribution is 2.33.